The maximum absolute atomic E-state index is 8.95. The molecular weight excluding hydrogens is 190 g/mol. The van der Waals surface area contributed by atoms with Gasteiger partial charge in [0.15, 0.2) is 0 Å². The Labute approximate surface area is 92.2 Å². The lowest BCUT2D eigenvalue weighted by Crippen LogP contribution is -2.52. The van der Waals surface area contributed by atoms with Crippen LogP contribution in [0.5, 0.6) is 0 Å². The average molecular weight is 211 g/mol. The summed E-state index contributed by atoms with van der Waals surface area (Å²) in [4.78, 5) is 2.29. The Morgan fingerprint density at radius 1 is 1.60 bits per heavy atom. The van der Waals surface area contributed by atoms with Crippen LogP contribution in [0.4, 0.5) is 0 Å². The fraction of sp³-hybridized carbons (Fsp3) is 0.909. The third-order valence-corrected chi connectivity index (χ3v) is 2.55. The van der Waals surface area contributed by atoms with Crippen molar-refractivity contribution >= 4 is 0 Å². The molecule has 1 atom stereocenters. The summed E-state index contributed by atoms with van der Waals surface area (Å²) >= 11 is 0. The molecule has 15 heavy (non-hydrogen) atoms. The Morgan fingerprint density at radius 3 is 2.87 bits per heavy atom. The molecule has 4 heteroatoms. The van der Waals surface area contributed by atoms with Gasteiger partial charge in [-0.15, -0.1) is 0 Å². The van der Waals surface area contributed by atoms with Crippen LogP contribution in [0.15, 0.2) is 0 Å². The molecule has 0 spiro atoms. The molecule has 0 aromatic heterocycles. The molecule has 0 saturated carbocycles. The third-order valence-electron chi connectivity index (χ3n) is 2.55. The Hall–Kier alpha value is -0.630. The van der Waals surface area contributed by atoms with Crippen LogP contribution < -0.4 is 5.32 Å². The predicted molar refractivity (Wildman–Crippen MR) is 59.5 cm³/mol. The highest BCUT2D eigenvalue weighted by molar-refractivity contribution is 4.93. The minimum Gasteiger partial charge on any atom is -0.373 e. The molecule has 0 bridgehead atoms. The van der Waals surface area contributed by atoms with Crippen molar-refractivity contribution in [3.63, 3.8) is 0 Å². The van der Waals surface area contributed by atoms with Gasteiger partial charge in [0.2, 0.25) is 0 Å². The molecule has 1 aliphatic rings. The quantitative estimate of drug-likeness (QED) is 0.739. The first-order chi connectivity index (χ1) is 7.07. The number of nitrogens with zero attached hydrogens (tertiary/aromatic N) is 2. The van der Waals surface area contributed by atoms with Crippen LogP contribution >= 0.6 is 0 Å². The van der Waals surface area contributed by atoms with E-state index in [2.05, 4.69) is 30.1 Å². The molecule has 1 N–H and O–H groups in total. The fourth-order valence-corrected chi connectivity index (χ4v) is 1.93. The van der Waals surface area contributed by atoms with Crippen LogP contribution in [0.1, 0.15) is 20.8 Å². The van der Waals surface area contributed by atoms with Gasteiger partial charge in [0, 0.05) is 19.6 Å². The Morgan fingerprint density at radius 2 is 2.33 bits per heavy atom. The SMILES string of the molecule is CCNC(C#N)CN1CCOC(C)(C)C1. The fourth-order valence-electron chi connectivity index (χ4n) is 1.93. The lowest BCUT2D eigenvalue weighted by Gasteiger charge is -2.38. The summed E-state index contributed by atoms with van der Waals surface area (Å²) in [5, 5.41) is 12.1. The molecule has 86 valence electrons. The van der Waals surface area contributed by atoms with Gasteiger partial charge in [-0.3, -0.25) is 4.90 Å². The second-order valence-corrected chi connectivity index (χ2v) is 4.58. The van der Waals surface area contributed by atoms with Crippen LogP contribution in [-0.2, 0) is 4.74 Å². The molecule has 1 aliphatic heterocycles. The molecular formula is C11H21N3O. The Bertz CT molecular complexity index is 234. The van der Waals surface area contributed by atoms with Crippen LogP contribution in [0.25, 0.3) is 0 Å². The molecule has 0 aliphatic carbocycles. The van der Waals surface area contributed by atoms with Crippen LogP contribution in [-0.4, -0.2) is 49.3 Å². The zero-order chi connectivity index (χ0) is 11.3. The highest BCUT2D eigenvalue weighted by atomic mass is 16.5. The van der Waals surface area contributed by atoms with E-state index in [-0.39, 0.29) is 11.6 Å². The van der Waals surface area contributed by atoms with Crippen molar-refractivity contribution in [2.45, 2.75) is 32.4 Å². The number of nitriles is 1. The first-order valence-corrected chi connectivity index (χ1v) is 5.56. The number of ether oxygens (including phenoxy) is 1. The van der Waals surface area contributed by atoms with Crippen molar-refractivity contribution in [2.24, 2.45) is 0 Å². The second-order valence-electron chi connectivity index (χ2n) is 4.58. The van der Waals surface area contributed by atoms with Crippen molar-refractivity contribution < 1.29 is 4.74 Å². The van der Waals surface area contributed by atoms with Crippen LogP contribution in [0.3, 0.4) is 0 Å². The topological polar surface area (TPSA) is 48.3 Å². The lowest BCUT2D eigenvalue weighted by molar-refractivity contribution is -0.0865. The van der Waals surface area contributed by atoms with Gasteiger partial charge in [0.05, 0.1) is 18.3 Å². The standard InChI is InChI=1S/C11H21N3O/c1-4-13-10(7-12)8-14-5-6-15-11(2,3)9-14/h10,13H,4-6,8-9H2,1-3H3. The van der Waals surface area contributed by atoms with Gasteiger partial charge in [-0.25, -0.2) is 0 Å². The number of likely N-dealkylation sites (N-methyl/N-ethyl adjacent to an activating group) is 1. The van der Waals surface area contributed by atoms with Gasteiger partial charge in [-0.1, -0.05) is 6.92 Å². The van der Waals surface area contributed by atoms with E-state index in [4.69, 9.17) is 10.00 Å². The molecule has 1 heterocycles. The maximum atomic E-state index is 8.95. The van der Waals surface area contributed by atoms with E-state index in [0.717, 1.165) is 32.8 Å². The first-order valence-electron chi connectivity index (χ1n) is 5.56. The molecule has 0 radical (unpaired) electrons. The van der Waals surface area contributed by atoms with Gasteiger partial charge >= 0.3 is 0 Å². The number of hydrogen-bond donors (Lipinski definition) is 1. The molecule has 0 aromatic carbocycles. The first kappa shape index (κ1) is 12.4. The molecule has 4 nitrogen and oxygen atoms in total. The highest BCUT2D eigenvalue weighted by Crippen LogP contribution is 2.16. The number of hydrogen-bond acceptors (Lipinski definition) is 4. The monoisotopic (exact) mass is 211 g/mol. The summed E-state index contributed by atoms with van der Waals surface area (Å²) in [6.07, 6.45) is 0. The molecule has 0 aromatic rings. The lowest BCUT2D eigenvalue weighted by atomic mass is 10.1. The smallest absolute Gasteiger partial charge is 0.108 e. The van der Waals surface area contributed by atoms with Gasteiger partial charge in [0.1, 0.15) is 6.04 Å². The molecule has 1 rings (SSSR count). The minimum absolute atomic E-state index is 0.0658. The number of morpholine rings is 1. The van der Waals surface area contributed by atoms with Crippen molar-refractivity contribution in [1.29, 1.82) is 5.26 Å². The summed E-state index contributed by atoms with van der Waals surface area (Å²) in [5.41, 5.74) is -0.0789. The summed E-state index contributed by atoms with van der Waals surface area (Å²) in [6, 6.07) is 2.22. The van der Waals surface area contributed by atoms with E-state index in [9.17, 15) is 0 Å². The van der Waals surface area contributed by atoms with E-state index in [1.807, 2.05) is 6.92 Å². The van der Waals surface area contributed by atoms with Crippen molar-refractivity contribution in [1.82, 2.24) is 10.2 Å². The zero-order valence-corrected chi connectivity index (χ0v) is 9.92. The maximum Gasteiger partial charge on any atom is 0.108 e. The summed E-state index contributed by atoms with van der Waals surface area (Å²) in [6.45, 7) is 10.4. The largest absolute Gasteiger partial charge is 0.373 e. The number of nitrogens with one attached hydrogen (secondary N) is 1. The van der Waals surface area contributed by atoms with Gasteiger partial charge in [-0.05, 0) is 20.4 Å². The van der Waals surface area contributed by atoms with Crippen molar-refractivity contribution in [2.75, 3.05) is 32.8 Å². The minimum atomic E-state index is -0.0789. The van der Waals surface area contributed by atoms with Crippen molar-refractivity contribution in [3.8, 4) is 6.07 Å². The van der Waals surface area contributed by atoms with E-state index in [1.54, 1.807) is 0 Å². The van der Waals surface area contributed by atoms with Gasteiger partial charge in [0.25, 0.3) is 0 Å². The Balaban J connectivity index is 2.40. The second kappa shape index (κ2) is 5.45. The highest BCUT2D eigenvalue weighted by Gasteiger charge is 2.28. The van der Waals surface area contributed by atoms with Gasteiger partial charge < -0.3 is 10.1 Å². The van der Waals surface area contributed by atoms with Gasteiger partial charge in [-0.2, -0.15) is 5.26 Å². The van der Waals surface area contributed by atoms with E-state index >= 15 is 0 Å². The molecule has 0 amide bonds. The number of rotatable bonds is 4. The van der Waals surface area contributed by atoms with E-state index in [0.29, 0.717) is 0 Å². The Kier molecular flexibility index (Phi) is 4.52. The molecule has 1 saturated heterocycles. The van der Waals surface area contributed by atoms with E-state index < -0.39 is 0 Å². The van der Waals surface area contributed by atoms with E-state index in [1.165, 1.54) is 0 Å². The van der Waals surface area contributed by atoms with Crippen LogP contribution in [0, 0.1) is 11.3 Å². The third kappa shape index (κ3) is 4.17. The normalized spacial score (nSPS) is 23.3. The van der Waals surface area contributed by atoms with Crippen molar-refractivity contribution in [3.05, 3.63) is 0 Å². The summed E-state index contributed by atoms with van der Waals surface area (Å²) in [5.74, 6) is 0. The summed E-state index contributed by atoms with van der Waals surface area (Å²) < 4.78 is 5.63. The summed E-state index contributed by atoms with van der Waals surface area (Å²) in [7, 11) is 0. The zero-order valence-electron chi connectivity index (χ0n) is 9.92. The molecule has 1 fully saturated rings. The predicted octanol–water partition coefficient (Wildman–Crippen LogP) is 0.599. The van der Waals surface area contributed by atoms with Crippen LogP contribution in [0.2, 0.25) is 0 Å². The average Bonchev–Trinajstić information content (AvgIpc) is 2.15. The molecule has 1 unspecified atom stereocenters.